The number of aromatic nitrogens is 4. The molecule has 0 amide bonds. The highest BCUT2D eigenvalue weighted by atomic mass is 16.5. The average molecular weight is 307 g/mol. The van der Waals surface area contributed by atoms with Gasteiger partial charge in [-0.3, -0.25) is 14.2 Å². The lowest BCUT2D eigenvalue weighted by atomic mass is 10.2. The fourth-order valence-corrected chi connectivity index (χ4v) is 1.95. The number of anilines is 1. The molecule has 0 saturated heterocycles. The number of fused-ring (bicyclic) bond motifs is 1. The van der Waals surface area contributed by atoms with Gasteiger partial charge in [0, 0.05) is 13.0 Å². The molecule has 0 spiro atoms. The Morgan fingerprint density at radius 3 is 2.77 bits per heavy atom. The summed E-state index contributed by atoms with van der Waals surface area (Å²) in [4.78, 5) is 35.5. The van der Waals surface area contributed by atoms with E-state index in [1.165, 1.54) is 25.0 Å². The van der Waals surface area contributed by atoms with Crippen molar-refractivity contribution >= 4 is 23.1 Å². The van der Waals surface area contributed by atoms with Crippen LogP contribution in [-0.4, -0.2) is 39.7 Å². The van der Waals surface area contributed by atoms with Crippen LogP contribution in [0.4, 0.5) is 5.95 Å². The van der Waals surface area contributed by atoms with Crippen LogP contribution in [0.15, 0.2) is 11.0 Å². The van der Waals surface area contributed by atoms with Gasteiger partial charge >= 0.3 is 5.97 Å². The second-order valence-corrected chi connectivity index (χ2v) is 4.54. The van der Waals surface area contributed by atoms with Crippen molar-refractivity contribution in [1.29, 1.82) is 0 Å². The van der Waals surface area contributed by atoms with Crippen molar-refractivity contribution in [3.8, 4) is 5.88 Å². The standard InChI is InChI=1S/C13H17N5O4/c1-21-8-7-15-11-10(16-8)12(20)18(13(14)17-11)6-4-3-5-9(19)22-2/h7H,3-6H2,1-2H3,(H2,14,15,17). The highest BCUT2D eigenvalue weighted by molar-refractivity contribution is 5.70. The molecule has 0 saturated carbocycles. The number of methoxy groups -OCH3 is 2. The van der Waals surface area contributed by atoms with Gasteiger partial charge in [0.15, 0.2) is 11.2 Å². The second-order valence-electron chi connectivity index (χ2n) is 4.54. The van der Waals surface area contributed by atoms with Crippen molar-refractivity contribution in [2.45, 2.75) is 25.8 Å². The summed E-state index contributed by atoms with van der Waals surface area (Å²) in [6, 6.07) is 0. The first-order chi connectivity index (χ1) is 10.6. The van der Waals surface area contributed by atoms with Crippen LogP contribution in [0.25, 0.3) is 11.2 Å². The summed E-state index contributed by atoms with van der Waals surface area (Å²) in [7, 11) is 2.77. The summed E-state index contributed by atoms with van der Waals surface area (Å²) in [5.41, 5.74) is 5.68. The molecule has 118 valence electrons. The van der Waals surface area contributed by atoms with Crippen molar-refractivity contribution in [2.75, 3.05) is 20.0 Å². The number of nitrogen functional groups attached to an aromatic ring is 1. The Balaban J connectivity index is 2.22. The number of nitrogens with two attached hydrogens (primary N) is 1. The first kappa shape index (κ1) is 15.7. The molecule has 0 aliphatic rings. The molecule has 0 bridgehead atoms. The normalized spacial score (nSPS) is 10.6. The lowest BCUT2D eigenvalue weighted by molar-refractivity contribution is -0.140. The van der Waals surface area contributed by atoms with Gasteiger partial charge < -0.3 is 15.2 Å². The van der Waals surface area contributed by atoms with E-state index < -0.39 is 0 Å². The number of hydrogen-bond donors (Lipinski definition) is 1. The molecule has 22 heavy (non-hydrogen) atoms. The molecular formula is C13H17N5O4. The van der Waals surface area contributed by atoms with E-state index in [1.807, 2.05) is 0 Å². The summed E-state index contributed by atoms with van der Waals surface area (Å²) in [5.74, 6) is 0.0102. The molecule has 2 rings (SSSR count). The maximum absolute atomic E-state index is 12.4. The third-order valence-electron chi connectivity index (χ3n) is 3.13. The number of rotatable bonds is 6. The van der Waals surface area contributed by atoms with E-state index in [9.17, 15) is 9.59 Å². The van der Waals surface area contributed by atoms with E-state index in [0.717, 1.165) is 0 Å². The van der Waals surface area contributed by atoms with Gasteiger partial charge in [-0.1, -0.05) is 0 Å². The minimum atomic E-state index is -0.382. The molecule has 2 heterocycles. The topological polar surface area (TPSA) is 122 Å². The summed E-state index contributed by atoms with van der Waals surface area (Å²) in [5, 5.41) is 0. The van der Waals surface area contributed by atoms with E-state index in [0.29, 0.717) is 25.8 Å². The molecule has 9 nitrogen and oxygen atoms in total. The zero-order valence-corrected chi connectivity index (χ0v) is 12.4. The van der Waals surface area contributed by atoms with Gasteiger partial charge in [0.2, 0.25) is 11.8 Å². The van der Waals surface area contributed by atoms with Crippen LogP contribution in [0.2, 0.25) is 0 Å². The summed E-state index contributed by atoms with van der Waals surface area (Å²) < 4.78 is 10.8. The SMILES string of the molecule is COC(=O)CCCCn1c(N)nc2ncc(OC)nc2c1=O. The molecular weight excluding hydrogens is 290 g/mol. The quantitative estimate of drug-likeness (QED) is 0.590. The lowest BCUT2D eigenvalue weighted by Crippen LogP contribution is -2.26. The van der Waals surface area contributed by atoms with Crippen LogP contribution in [-0.2, 0) is 16.1 Å². The average Bonchev–Trinajstić information content (AvgIpc) is 2.53. The number of unbranched alkanes of at least 4 members (excludes halogenated alkanes) is 1. The van der Waals surface area contributed by atoms with Gasteiger partial charge in [-0.05, 0) is 12.8 Å². The Bertz CT molecular complexity index is 743. The minimum Gasteiger partial charge on any atom is -0.480 e. The van der Waals surface area contributed by atoms with Crippen LogP contribution in [0.1, 0.15) is 19.3 Å². The summed E-state index contributed by atoms with van der Waals surface area (Å²) in [6.07, 6.45) is 2.83. The molecule has 0 aliphatic heterocycles. The zero-order valence-electron chi connectivity index (χ0n) is 12.4. The minimum absolute atomic E-state index is 0.0648. The fraction of sp³-hybridized carbons (Fsp3) is 0.462. The number of nitrogens with zero attached hydrogens (tertiary/aromatic N) is 4. The van der Waals surface area contributed by atoms with Gasteiger partial charge in [-0.15, -0.1) is 0 Å². The molecule has 2 aromatic heterocycles. The van der Waals surface area contributed by atoms with E-state index in [1.54, 1.807) is 0 Å². The Morgan fingerprint density at radius 2 is 2.09 bits per heavy atom. The summed E-state index contributed by atoms with van der Waals surface area (Å²) in [6.45, 7) is 0.337. The second kappa shape index (κ2) is 6.83. The molecule has 9 heteroatoms. The number of ether oxygens (including phenoxy) is 2. The van der Waals surface area contributed by atoms with Gasteiger partial charge in [-0.2, -0.15) is 4.98 Å². The maximum Gasteiger partial charge on any atom is 0.305 e. The molecule has 0 fully saturated rings. The Labute approximate surface area is 126 Å². The van der Waals surface area contributed by atoms with Crippen LogP contribution >= 0.6 is 0 Å². The third-order valence-corrected chi connectivity index (χ3v) is 3.13. The van der Waals surface area contributed by atoms with E-state index in [2.05, 4.69) is 19.7 Å². The van der Waals surface area contributed by atoms with Gasteiger partial charge in [-0.25, -0.2) is 9.97 Å². The van der Waals surface area contributed by atoms with Gasteiger partial charge in [0.25, 0.3) is 5.56 Å². The highest BCUT2D eigenvalue weighted by Crippen LogP contribution is 2.10. The molecule has 0 unspecified atom stereocenters. The third kappa shape index (κ3) is 3.30. The molecule has 2 N–H and O–H groups in total. The van der Waals surface area contributed by atoms with Crippen molar-refractivity contribution in [3.05, 3.63) is 16.6 Å². The van der Waals surface area contributed by atoms with Gasteiger partial charge in [0.05, 0.1) is 20.4 Å². The van der Waals surface area contributed by atoms with Crippen molar-refractivity contribution in [2.24, 2.45) is 0 Å². The Hall–Kier alpha value is -2.71. The van der Waals surface area contributed by atoms with Crippen molar-refractivity contribution < 1.29 is 14.3 Å². The summed E-state index contributed by atoms with van der Waals surface area (Å²) >= 11 is 0. The first-order valence-electron chi connectivity index (χ1n) is 6.70. The number of carbonyl (C=O) groups is 1. The predicted molar refractivity (Wildman–Crippen MR) is 78.4 cm³/mol. The molecule has 0 atom stereocenters. The van der Waals surface area contributed by atoms with Crippen molar-refractivity contribution in [1.82, 2.24) is 19.5 Å². The predicted octanol–water partition coefficient (Wildman–Crippen LogP) is 0.121. The van der Waals surface area contributed by atoms with Crippen molar-refractivity contribution in [3.63, 3.8) is 0 Å². The molecule has 0 aliphatic carbocycles. The molecule has 0 radical (unpaired) electrons. The Kier molecular flexibility index (Phi) is 4.87. The van der Waals surface area contributed by atoms with E-state index >= 15 is 0 Å². The first-order valence-corrected chi connectivity index (χ1v) is 6.70. The van der Waals surface area contributed by atoms with E-state index in [-0.39, 0.29) is 34.5 Å². The van der Waals surface area contributed by atoms with Crippen LogP contribution in [0.5, 0.6) is 5.88 Å². The number of hydrogen-bond acceptors (Lipinski definition) is 8. The molecule has 2 aromatic rings. The van der Waals surface area contributed by atoms with Crippen LogP contribution in [0.3, 0.4) is 0 Å². The largest absolute Gasteiger partial charge is 0.480 e. The van der Waals surface area contributed by atoms with E-state index in [4.69, 9.17) is 10.5 Å². The fourth-order valence-electron chi connectivity index (χ4n) is 1.95. The molecule has 0 aromatic carbocycles. The van der Waals surface area contributed by atoms with Crippen LogP contribution < -0.4 is 16.0 Å². The number of esters is 1. The van der Waals surface area contributed by atoms with Crippen LogP contribution in [0, 0.1) is 0 Å². The monoisotopic (exact) mass is 307 g/mol. The number of carbonyl (C=O) groups excluding carboxylic acids is 1. The Morgan fingerprint density at radius 1 is 1.32 bits per heavy atom. The smallest absolute Gasteiger partial charge is 0.305 e. The zero-order chi connectivity index (χ0) is 16.1. The van der Waals surface area contributed by atoms with Gasteiger partial charge in [0.1, 0.15) is 0 Å². The maximum atomic E-state index is 12.4. The lowest BCUT2D eigenvalue weighted by Gasteiger charge is -2.09. The highest BCUT2D eigenvalue weighted by Gasteiger charge is 2.12.